The van der Waals surface area contributed by atoms with Gasteiger partial charge in [-0.05, 0) is 20.3 Å². The highest BCUT2D eigenvalue weighted by molar-refractivity contribution is 5.15. The maximum absolute atomic E-state index is 5.55. The number of aryl methyl sites for hydroxylation is 3. The van der Waals surface area contributed by atoms with Crippen LogP contribution in [0.25, 0.3) is 0 Å². The lowest BCUT2D eigenvalue weighted by molar-refractivity contribution is 0.107. The molecule has 0 saturated carbocycles. The topological polar surface area (TPSA) is 71.9 Å². The number of aromatic nitrogens is 5. The summed E-state index contributed by atoms with van der Waals surface area (Å²) in [6.45, 7) is 5.74. The normalized spacial score (nSPS) is 23.0. The van der Waals surface area contributed by atoms with Crippen LogP contribution in [0.4, 0.5) is 0 Å². The largest absolute Gasteiger partial charge is 0.380 e. The highest BCUT2D eigenvalue weighted by Crippen LogP contribution is 2.33. The fraction of sp³-hybridized carbons (Fsp3) is 0.643. The smallest absolute Gasteiger partial charge is 0.124 e. The van der Waals surface area contributed by atoms with E-state index in [1.807, 2.05) is 20.2 Å². The predicted octanol–water partition coefficient (Wildman–Crippen LogP) is 1.12. The van der Waals surface area contributed by atoms with Crippen LogP contribution in [0.3, 0.4) is 0 Å². The molecule has 1 fully saturated rings. The van der Waals surface area contributed by atoms with Gasteiger partial charge in [-0.15, -0.1) is 5.10 Å². The van der Waals surface area contributed by atoms with Crippen molar-refractivity contribution in [3.8, 4) is 0 Å². The van der Waals surface area contributed by atoms with E-state index in [9.17, 15) is 0 Å². The minimum atomic E-state index is 0.234. The molecule has 0 bridgehead atoms. The van der Waals surface area contributed by atoms with Crippen LogP contribution in [0.2, 0.25) is 0 Å². The Balaban J connectivity index is 1.81. The van der Waals surface area contributed by atoms with Crippen LogP contribution in [0.15, 0.2) is 6.20 Å². The molecule has 2 aromatic rings. The van der Waals surface area contributed by atoms with Crippen molar-refractivity contribution in [1.82, 2.24) is 29.9 Å². The van der Waals surface area contributed by atoms with E-state index in [2.05, 4.69) is 32.1 Å². The number of methoxy groups -OCH3 is 1. The van der Waals surface area contributed by atoms with Gasteiger partial charge >= 0.3 is 0 Å². The Kier molecular flexibility index (Phi) is 3.77. The Morgan fingerprint density at radius 2 is 2.24 bits per heavy atom. The first-order valence-electron chi connectivity index (χ1n) is 7.22. The van der Waals surface area contributed by atoms with Crippen LogP contribution in [-0.2, 0) is 18.3 Å². The minimum Gasteiger partial charge on any atom is -0.380 e. The van der Waals surface area contributed by atoms with E-state index >= 15 is 0 Å². The van der Waals surface area contributed by atoms with Crippen LogP contribution < -0.4 is 0 Å². The molecular formula is C14H22N6O. The zero-order valence-corrected chi connectivity index (χ0v) is 13.0. The van der Waals surface area contributed by atoms with Crippen molar-refractivity contribution < 1.29 is 4.74 Å². The molecule has 1 aliphatic rings. The van der Waals surface area contributed by atoms with Gasteiger partial charge in [-0.3, -0.25) is 9.58 Å². The summed E-state index contributed by atoms with van der Waals surface area (Å²) in [5, 5.41) is 8.18. The van der Waals surface area contributed by atoms with Gasteiger partial charge in [-0.2, -0.15) is 0 Å². The van der Waals surface area contributed by atoms with Gasteiger partial charge in [0.05, 0.1) is 23.5 Å². The quantitative estimate of drug-likeness (QED) is 0.913. The monoisotopic (exact) mass is 290 g/mol. The van der Waals surface area contributed by atoms with Gasteiger partial charge < -0.3 is 9.72 Å². The average molecular weight is 290 g/mol. The summed E-state index contributed by atoms with van der Waals surface area (Å²) in [6.07, 6.45) is 3.14. The standard InChI is InChI=1S/C14H22N6O/c1-9-10(2)16-14(15-9)13-5-12(21-4)8-20(13)7-11-6-19(3)18-17-11/h6,12-13H,5,7-8H2,1-4H3,(H,15,16)/t12-,13+/m1/s1. The van der Waals surface area contributed by atoms with Crippen molar-refractivity contribution in [2.24, 2.45) is 7.05 Å². The molecule has 2 aromatic heterocycles. The molecule has 3 heterocycles. The highest BCUT2D eigenvalue weighted by Gasteiger charge is 2.35. The van der Waals surface area contributed by atoms with E-state index in [4.69, 9.17) is 4.74 Å². The predicted molar refractivity (Wildman–Crippen MR) is 77.6 cm³/mol. The summed E-state index contributed by atoms with van der Waals surface area (Å²) in [5.41, 5.74) is 3.16. The number of rotatable bonds is 4. The van der Waals surface area contributed by atoms with Crippen molar-refractivity contribution in [1.29, 1.82) is 0 Å². The van der Waals surface area contributed by atoms with Crippen LogP contribution in [0.5, 0.6) is 0 Å². The molecule has 114 valence electrons. The zero-order valence-electron chi connectivity index (χ0n) is 13.0. The van der Waals surface area contributed by atoms with Gasteiger partial charge in [0.1, 0.15) is 5.82 Å². The highest BCUT2D eigenvalue weighted by atomic mass is 16.5. The first-order valence-corrected chi connectivity index (χ1v) is 7.22. The first-order chi connectivity index (χ1) is 10.1. The van der Waals surface area contributed by atoms with Crippen molar-refractivity contribution in [2.45, 2.75) is 39.0 Å². The molecule has 21 heavy (non-hydrogen) atoms. The van der Waals surface area contributed by atoms with Gasteiger partial charge in [-0.25, -0.2) is 4.98 Å². The number of likely N-dealkylation sites (tertiary alicyclic amines) is 1. The Morgan fingerprint density at radius 3 is 2.81 bits per heavy atom. The fourth-order valence-corrected chi connectivity index (χ4v) is 2.90. The van der Waals surface area contributed by atoms with Gasteiger partial charge in [0.25, 0.3) is 0 Å². The van der Waals surface area contributed by atoms with E-state index in [1.165, 1.54) is 0 Å². The third kappa shape index (κ3) is 2.84. The number of H-pyrrole nitrogens is 1. The van der Waals surface area contributed by atoms with Crippen LogP contribution >= 0.6 is 0 Å². The summed E-state index contributed by atoms with van der Waals surface area (Å²) in [4.78, 5) is 10.4. The SMILES string of the molecule is CO[C@@H]1C[C@@H](c2nc(C)c(C)[nH]2)N(Cc2cn(C)nn2)C1. The molecule has 0 aromatic carbocycles. The van der Waals surface area contributed by atoms with Gasteiger partial charge in [-0.1, -0.05) is 5.21 Å². The van der Waals surface area contributed by atoms with Crippen LogP contribution in [0.1, 0.15) is 35.4 Å². The Hall–Kier alpha value is -1.73. The average Bonchev–Trinajstić information content (AvgIpc) is 3.12. The van der Waals surface area contributed by atoms with E-state index in [1.54, 1.807) is 11.8 Å². The molecule has 0 aliphatic carbocycles. The Labute approximate surface area is 124 Å². The van der Waals surface area contributed by atoms with E-state index in [0.29, 0.717) is 0 Å². The summed E-state index contributed by atoms with van der Waals surface area (Å²) >= 11 is 0. The molecule has 1 saturated heterocycles. The number of nitrogens with one attached hydrogen (secondary N) is 1. The maximum atomic E-state index is 5.55. The van der Waals surface area contributed by atoms with E-state index in [0.717, 1.165) is 42.4 Å². The number of hydrogen-bond acceptors (Lipinski definition) is 5. The van der Waals surface area contributed by atoms with E-state index < -0.39 is 0 Å². The minimum absolute atomic E-state index is 0.234. The second-order valence-electron chi connectivity index (χ2n) is 5.75. The zero-order chi connectivity index (χ0) is 15.0. The molecule has 0 amide bonds. The number of ether oxygens (including phenoxy) is 1. The lowest BCUT2D eigenvalue weighted by atomic mass is 10.2. The molecular weight excluding hydrogens is 268 g/mol. The molecule has 1 N–H and O–H groups in total. The maximum Gasteiger partial charge on any atom is 0.124 e. The summed E-state index contributed by atoms with van der Waals surface area (Å²) in [6, 6.07) is 0.240. The molecule has 1 aliphatic heterocycles. The van der Waals surface area contributed by atoms with Crippen molar-refractivity contribution >= 4 is 0 Å². The molecule has 7 heteroatoms. The lowest BCUT2D eigenvalue weighted by Crippen LogP contribution is -2.25. The Morgan fingerprint density at radius 1 is 1.43 bits per heavy atom. The van der Waals surface area contributed by atoms with E-state index in [-0.39, 0.29) is 12.1 Å². The van der Waals surface area contributed by atoms with Crippen molar-refractivity contribution in [3.05, 3.63) is 29.1 Å². The third-order valence-electron chi connectivity index (χ3n) is 4.18. The number of nitrogens with zero attached hydrogens (tertiary/aromatic N) is 5. The van der Waals surface area contributed by atoms with Crippen molar-refractivity contribution in [3.63, 3.8) is 0 Å². The summed E-state index contributed by atoms with van der Waals surface area (Å²) in [7, 11) is 3.65. The number of hydrogen-bond donors (Lipinski definition) is 1. The molecule has 0 radical (unpaired) electrons. The van der Waals surface area contributed by atoms with Gasteiger partial charge in [0.2, 0.25) is 0 Å². The lowest BCUT2D eigenvalue weighted by Gasteiger charge is -2.21. The molecule has 0 spiro atoms. The molecule has 0 unspecified atom stereocenters. The second kappa shape index (κ2) is 5.57. The fourth-order valence-electron chi connectivity index (χ4n) is 2.90. The number of aromatic amines is 1. The number of imidazole rings is 1. The van der Waals surface area contributed by atoms with Gasteiger partial charge in [0, 0.05) is 39.1 Å². The third-order valence-corrected chi connectivity index (χ3v) is 4.18. The molecule has 3 rings (SSSR count). The van der Waals surface area contributed by atoms with Crippen LogP contribution in [-0.4, -0.2) is 49.6 Å². The van der Waals surface area contributed by atoms with Crippen LogP contribution in [0, 0.1) is 13.8 Å². The summed E-state index contributed by atoms with van der Waals surface area (Å²) in [5.74, 6) is 1.02. The molecule has 7 nitrogen and oxygen atoms in total. The van der Waals surface area contributed by atoms with Gasteiger partial charge in [0.15, 0.2) is 0 Å². The first kappa shape index (κ1) is 14.2. The summed E-state index contributed by atoms with van der Waals surface area (Å²) < 4.78 is 7.28. The van der Waals surface area contributed by atoms with Crippen molar-refractivity contribution in [2.75, 3.05) is 13.7 Å². The Bertz CT molecular complexity index is 599. The molecule has 2 atom stereocenters. The second-order valence-corrected chi connectivity index (χ2v) is 5.75.